The Hall–Kier alpha value is -0.805. The molecule has 0 heterocycles. The van der Waals surface area contributed by atoms with Gasteiger partial charge in [0.2, 0.25) is 0 Å². The van der Waals surface area contributed by atoms with Gasteiger partial charge >= 0.3 is 13.1 Å². The largest absolute Gasteiger partial charge is 0.483 e. The molecule has 66 valence electrons. The summed E-state index contributed by atoms with van der Waals surface area (Å²) in [5, 5.41) is 26.1. The van der Waals surface area contributed by atoms with Crippen LogP contribution in [0.25, 0.3) is 0 Å². The summed E-state index contributed by atoms with van der Waals surface area (Å²) in [7, 11) is -1.42. The van der Waals surface area contributed by atoms with Crippen LogP contribution >= 0.6 is 0 Å². The van der Waals surface area contributed by atoms with Gasteiger partial charge in [-0.3, -0.25) is 4.79 Å². The summed E-state index contributed by atoms with van der Waals surface area (Å²) in [5.41, 5.74) is 0.535. The predicted octanol–water partition coefficient (Wildman–Crippen LogP) is -0.191. The molecular formula is C7H11BO4. The van der Waals surface area contributed by atoms with Crippen LogP contribution in [0.5, 0.6) is 0 Å². The smallest absolute Gasteiger partial charge is 0.481 e. The molecular weight excluding hydrogens is 159 g/mol. The Morgan fingerprint density at radius 2 is 2.25 bits per heavy atom. The molecule has 0 spiro atoms. The molecule has 0 aromatic rings. The van der Waals surface area contributed by atoms with Gasteiger partial charge in [-0.1, -0.05) is 6.08 Å². The molecule has 0 fully saturated rings. The minimum Gasteiger partial charge on any atom is -0.481 e. The second-order valence-corrected chi connectivity index (χ2v) is 2.96. The highest BCUT2D eigenvalue weighted by molar-refractivity contribution is 6.50. The number of hydrogen-bond donors (Lipinski definition) is 3. The molecule has 1 rings (SSSR count). The number of carboxylic acid groups (broad SMARTS) is 1. The molecule has 0 bridgehead atoms. The molecule has 0 aromatic carbocycles. The van der Waals surface area contributed by atoms with E-state index in [0.29, 0.717) is 24.7 Å². The standard InChI is InChI=1S/C7H11BO4/c9-7(10)5-1-3-6(4-2-5)8(11)12/h3,5,11-12H,1-2,4H2,(H,9,10). The van der Waals surface area contributed by atoms with E-state index in [1.807, 2.05) is 0 Å². The van der Waals surface area contributed by atoms with Crippen molar-refractivity contribution in [1.82, 2.24) is 0 Å². The van der Waals surface area contributed by atoms with Crippen LogP contribution in [0.3, 0.4) is 0 Å². The van der Waals surface area contributed by atoms with E-state index in [1.165, 1.54) is 0 Å². The van der Waals surface area contributed by atoms with E-state index in [0.717, 1.165) is 0 Å². The van der Waals surface area contributed by atoms with Crippen molar-refractivity contribution < 1.29 is 19.9 Å². The van der Waals surface area contributed by atoms with Crippen LogP contribution in [0, 0.1) is 5.92 Å². The Kier molecular flexibility index (Phi) is 2.89. The van der Waals surface area contributed by atoms with Crippen LogP contribution in [-0.2, 0) is 4.79 Å². The Morgan fingerprint density at radius 3 is 2.58 bits per heavy atom. The first-order valence-corrected chi connectivity index (χ1v) is 3.89. The Bertz CT molecular complexity index is 211. The van der Waals surface area contributed by atoms with Crippen molar-refractivity contribution in [2.45, 2.75) is 19.3 Å². The van der Waals surface area contributed by atoms with Crippen LogP contribution in [0.15, 0.2) is 11.5 Å². The molecule has 0 aliphatic heterocycles. The fourth-order valence-corrected chi connectivity index (χ4v) is 1.31. The summed E-state index contributed by atoms with van der Waals surface area (Å²) < 4.78 is 0. The van der Waals surface area contributed by atoms with Gasteiger partial charge in [0.25, 0.3) is 0 Å². The van der Waals surface area contributed by atoms with Crippen LogP contribution in [-0.4, -0.2) is 28.2 Å². The number of carbonyl (C=O) groups is 1. The lowest BCUT2D eigenvalue weighted by molar-refractivity contribution is -0.141. The molecule has 3 N–H and O–H groups in total. The SMILES string of the molecule is O=C(O)C1CC=C(B(O)O)CC1. The molecule has 4 nitrogen and oxygen atoms in total. The first kappa shape index (κ1) is 9.28. The molecule has 12 heavy (non-hydrogen) atoms. The van der Waals surface area contributed by atoms with Crippen molar-refractivity contribution in [3.8, 4) is 0 Å². The average Bonchev–Trinajstić information content (AvgIpc) is 2.04. The van der Waals surface area contributed by atoms with Crippen molar-refractivity contribution in [3.63, 3.8) is 0 Å². The molecule has 0 aromatic heterocycles. The van der Waals surface area contributed by atoms with E-state index < -0.39 is 13.1 Å². The molecule has 0 amide bonds. The van der Waals surface area contributed by atoms with Crippen molar-refractivity contribution in [1.29, 1.82) is 0 Å². The van der Waals surface area contributed by atoms with Crippen molar-refractivity contribution in [3.05, 3.63) is 11.5 Å². The normalized spacial score (nSPS) is 23.2. The second-order valence-electron chi connectivity index (χ2n) is 2.96. The highest BCUT2D eigenvalue weighted by Crippen LogP contribution is 2.23. The molecule has 1 atom stereocenters. The zero-order chi connectivity index (χ0) is 9.14. The minimum absolute atomic E-state index is 0.354. The van der Waals surface area contributed by atoms with Crippen molar-refractivity contribution in [2.24, 2.45) is 5.92 Å². The first-order valence-electron chi connectivity index (χ1n) is 3.89. The summed E-state index contributed by atoms with van der Waals surface area (Å²) in [6.45, 7) is 0. The number of allylic oxidation sites excluding steroid dienone is 2. The van der Waals surface area contributed by atoms with Gasteiger partial charge in [-0.15, -0.1) is 0 Å². The van der Waals surface area contributed by atoms with E-state index in [9.17, 15) is 4.79 Å². The zero-order valence-corrected chi connectivity index (χ0v) is 6.60. The van der Waals surface area contributed by atoms with Gasteiger partial charge in [0.1, 0.15) is 0 Å². The third-order valence-electron chi connectivity index (χ3n) is 2.13. The molecule has 0 saturated carbocycles. The summed E-state index contributed by atoms with van der Waals surface area (Å²) >= 11 is 0. The number of aliphatic carboxylic acids is 1. The van der Waals surface area contributed by atoms with Crippen LogP contribution < -0.4 is 0 Å². The maximum atomic E-state index is 10.5. The molecule has 1 aliphatic carbocycles. The summed E-state index contributed by atoms with van der Waals surface area (Å²) in [4.78, 5) is 10.5. The van der Waals surface area contributed by atoms with E-state index in [1.54, 1.807) is 6.08 Å². The van der Waals surface area contributed by atoms with Crippen LogP contribution in [0.1, 0.15) is 19.3 Å². The molecule has 0 saturated heterocycles. The lowest BCUT2D eigenvalue weighted by Gasteiger charge is -2.17. The lowest BCUT2D eigenvalue weighted by Crippen LogP contribution is -2.22. The van der Waals surface area contributed by atoms with E-state index >= 15 is 0 Å². The Balaban J connectivity index is 2.53. The highest BCUT2D eigenvalue weighted by atomic mass is 16.4. The molecule has 5 heteroatoms. The van der Waals surface area contributed by atoms with Gasteiger partial charge in [-0.25, -0.2) is 0 Å². The van der Waals surface area contributed by atoms with Crippen molar-refractivity contribution in [2.75, 3.05) is 0 Å². The summed E-state index contributed by atoms with van der Waals surface area (Å²) in [6, 6.07) is 0. The first-order chi connectivity index (χ1) is 5.61. The summed E-state index contributed by atoms with van der Waals surface area (Å²) in [6.07, 6.45) is 2.97. The zero-order valence-electron chi connectivity index (χ0n) is 6.60. The van der Waals surface area contributed by atoms with Crippen LogP contribution in [0.2, 0.25) is 0 Å². The van der Waals surface area contributed by atoms with Crippen molar-refractivity contribution >= 4 is 13.1 Å². The molecule has 0 radical (unpaired) electrons. The topological polar surface area (TPSA) is 77.8 Å². The highest BCUT2D eigenvalue weighted by Gasteiger charge is 2.24. The van der Waals surface area contributed by atoms with Gasteiger partial charge in [0.05, 0.1) is 5.92 Å². The second kappa shape index (κ2) is 3.73. The van der Waals surface area contributed by atoms with Gasteiger partial charge in [-0.2, -0.15) is 0 Å². The monoisotopic (exact) mass is 170 g/mol. The Morgan fingerprint density at radius 1 is 1.58 bits per heavy atom. The quantitative estimate of drug-likeness (QED) is 0.502. The lowest BCUT2D eigenvalue weighted by atomic mass is 9.71. The Labute approximate surface area is 70.7 Å². The van der Waals surface area contributed by atoms with Gasteiger partial charge < -0.3 is 15.2 Å². The fourth-order valence-electron chi connectivity index (χ4n) is 1.31. The number of rotatable bonds is 2. The van der Waals surface area contributed by atoms with Gasteiger partial charge in [0, 0.05) is 0 Å². The molecule has 1 unspecified atom stereocenters. The van der Waals surface area contributed by atoms with E-state index in [-0.39, 0.29) is 5.92 Å². The van der Waals surface area contributed by atoms with Crippen LogP contribution in [0.4, 0.5) is 0 Å². The predicted molar refractivity (Wildman–Crippen MR) is 43.3 cm³/mol. The summed E-state index contributed by atoms with van der Waals surface area (Å²) in [5.74, 6) is -1.16. The minimum atomic E-state index is -1.42. The van der Waals surface area contributed by atoms with E-state index in [4.69, 9.17) is 15.2 Å². The fraction of sp³-hybridized carbons (Fsp3) is 0.571. The van der Waals surface area contributed by atoms with E-state index in [2.05, 4.69) is 0 Å². The third-order valence-corrected chi connectivity index (χ3v) is 2.13. The maximum Gasteiger partial charge on any atom is 0.483 e. The van der Waals surface area contributed by atoms with Gasteiger partial charge in [0.15, 0.2) is 0 Å². The number of carboxylic acids is 1. The molecule has 1 aliphatic rings. The number of hydrogen-bond acceptors (Lipinski definition) is 3. The van der Waals surface area contributed by atoms with Gasteiger partial charge in [-0.05, 0) is 24.7 Å². The average molecular weight is 170 g/mol. The maximum absolute atomic E-state index is 10.5. The third kappa shape index (κ3) is 2.09.